The van der Waals surface area contributed by atoms with Crippen molar-refractivity contribution in [1.29, 1.82) is 0 Å². The van der Waals surface area contributed by atoms with Gasteiger partial charge in [-0.1, -0.05) is 25.4 Å². The van der Waals surface area contributed by atoms with Crippen LogP contribution in [0, 0.1) is 5.92 Å². The van der Waals surface area contributed by atoms with Crippen molar-refractivity contribution in [1.82, 2.24) is 4.90 Å². The molecule has 1 aromatic rings. The number of amides is 1. The van der Waals surface area contributed by atoms with E-state index in [4.69, 9.17) is 16.3 Å². The van der Waals surface area contributed by atoms with Crippen LogP contribution < -0.4 is 5.32 Å². The number of hydrogen-bond donors (Lipinski definition) is 1. The smallest absolute Gasteiger partial charge is 0.255 e. The van der Waals surface area contributed by atoms with E-state index in [2.05, 4.69) is 19.2 Å². The molecule has 0 spiro atoms. The second kappa shape index (κ2) is 7.50. The van der Waals surface area contributed by atoms with E-state index >= 15 is 0 Å². The maximum absolute atomic E-state index is 12.2. The molecule has 4 nitrogen and oxygen atoms in total. The van der Waals surface area contributed by atoms with Gasteiger partial charge < -0.3 is 15.0 Å². The van der Waals surface area contributed by atoms with E-state index in [1.54, 1.807) is 44.3 Å². The molecule has 5 heteroatoms. The van der Waals surface area contributed by atoms with Crippen molar-refractivity contribution in [3.05, 3.63) is 28.8 Å². The monoisotopic (exact) mass is 298 g/mol. The Morgan fingerprint density at radius 3 is 2.55 bits per heavy atom. The Morgan fingerprint density at radius 2 is 2.05 bits per heavy atom. The Morgan fingerprint density at radius 1 is 1.40 bits per heavy atom. The average Bonchev–Trinajstić information content (AvgIpc) is 2.37. The zero-order valence-electron chi connectivity index (χ0n) is 12.7. The summed E-state index contributed by atoms with van der Waals surface area (Å²) in [5.74, 6) is 0.320. The zero-order chi connectivity index (χ0) is 15.3. The lowest BCUT2D eigenvalue weighted by Crippen LogP contribution is -2.32. The first kappa shape index (κ1) is 16.8. The summed E-state index contributed by atoms with van der Waals surface area (Å²) >= 11 is 6.05. The van der Waals surface area contributed by atoms with Crippen molar-refractivity contribution in [2.75, 3.05) is 33.1 Å². The van der Waals surface area contributed by atoms with Crippen molar-refractivity contribution in [3.8, 4) is 0 Å². The highest BCUT2D eigenvalue weighted by Crippen LogP contribution is 2.24. The van der Waals surface area contributed by atoms with Gasteiger partial charge in [-0.05, 0) is 24.1 Å². The van der Waals surface area contributed by atoms with Crippen LogP contribution in [0.4, 0.5) is 5.69 Å². The Labute approximate surface area is 126 Å². The number of carbonyl (C=O) groups excluding carboxylic acids is 1. The average molecular weight is 299 g/mol. The highest BCUT2D eigenvalue weighted by Gasteiger charge is 2.18. The molecule has 0 radical (unpaired) electrons. The minimum absolute atomic E-state index is 0.0518. The summed E-state index contributed by atoms with van der Waals surface area (Å²) in [4.78, 5) is 13.7. The Balaban J connectivity index is 3.08. The molecular formula is C15H23ClN2O2. The highest BCUT2D eigenvalue weighted by atomic mass is 35.5. The predicted octanol–water partition coefficient (Wildman–Crippen LogP) is 3.12. The predicted molar refractivity (Wildman–Crippen MR) is 83.6 cm³/mol. The molecular weight excluding hydrogens is 276 g/mol. The van der Waals surface area contributed by atoms with Gasteiger partial charge in [0.05, 0.1) is 18.2 Å². The molecule has 20 heavy (non-hydrogen) atoms. The van der Waals surface area contributed by atoms with E-state index < -0.39 is 0 Å². The van der Waals surface area contributed by atoms with Gasteiger partial charge in [0.1, 0.15) is 0 Å². The number of methoxy groups -OCH3 is 1. The molecule has 1 N–H and O–H groups in total. The molecule has 0 saturated heterocycles. The molecule has 0 fully saturated rings. The van der Waals surface area contributed by atoms with Gasteiger partial charge in [0, 0.05) is 31.9 Å². The highest BCUT2D eigenvalue weighted by molar-refractivity contribution is 6.31. The fourth-order valence-electron chi connectivity index (χ4n) is 1.84. The summed E-state index contributed by atoms with van der Waals surface area (Å²) in [5, 5.41) is 3.97. The van der Waals surface area contributed by atoms with Crippen molar-refractivity contribution in [3.63, 3.8) is 0 Å². The molecule has 0 heterocycles. The fraction of sp³-hybridized carbons (Fsp3) is 0.533. The third kappa shape index (κ3) is 4.39. The topological polar surface area (TPSA) is 41.6 Å². The van der Waals surface area contributed by atoms with Gasteiger partial charge in [-0.15, -0.1) is 0 Å². The molecule has 0 aliphatic heterocycles. The van der Waals surface area contributed by atoms with Crippen LogP contribution in [0.5, 0.6) is 0 Å². The molecule has 0 bridgehead atoms. The van der Waals surface area contributed by atoms with Crippen molar-refractivity contribution < 1.29 is 9.53 Å². The SMILES string of the molecule is COCC(Nc1cc(Cl)ccc1C(=O)N(C)C)C(C)C. The first-order chi connectivity index (χ1) is 9.36. The number of anilines is 1. The quantitative estimate of drug-likeness (QED) is 0.877. The molecule has 112 valence electrons. The van der Waals surface area contributed by atoms with E-state index in [1.165, 1.54) is 0 Å². The summed E-state index contributed by atoms with van der Waals surface area (Å²) < 4.78 is 5.22. The Bertz CT molecular complexity index is 461. The third-order valence-corrected chi connectivity index (χ3v) is 3.35. The lowest BCUT2D eigenvalue weighted by molar-refractivity contribution is 0.0828. The number of nitrogens with zero attached hydrogens (tertiary/aromatic N) is 1. The van der Waals surface area contributed by atoms with E-state index in [0.29, 0.717) is 23.1 Å². The van der Waals surface area contributed by atoms with Gasteiger partial charge in [-0.2, -0.15) is 0 Å². The molecule has 1 aromatic carbocycles. The van der Waals surface area contributed by atoms with Crippen LogP contribution in [-0.4, -0.2) is 44.7 Å². The fourth-order valence-corrected chi connectivity index (χ4v) is 2.02. The number of carbonyl (C=O) groups is 1. The Hall–Kier alpha value is -1.26. The first-order valence-corrected chi connectivity index (χ1v) is 7.01. The summed E-state index contributed by atoms with van der Waals surface area (Å²) in [6.07, 6.45) is 0. The molecule has 1 unspecified atom stereocenters. The van der Waals surface area contributed by atoms with Gasteiger partial charge in [0.15, 0.2) is 0 Å². The molecule has 0 aliphatic rings. The number of nitrogens with one attached hydrogen (secondary N) is 1. The minimum atomic E-state index is -0.0518. The number of rotatable bonds is 6. The van der Waals surface area contributed by atoms with Gasteiger partial charge in [-0.3, -0.25) is 4.79 Å². The van der Waals surface area contributed by atoms with Crippen LogP contribution in [-0.2, 0) is 4.74 Å². The van der Waals surface area contributed by atoms with Crippen LogP contribution in [0.2, 0.25) is 5.02 Å². The molecule has 1 atom stereocenters. The summed E-state index contributed by atoms with van der Waals surface area (Å²) in [7, 11) is 5.13. The molecule has 0 aliphatic carbocycles. The van der Waals surface area contributed by atoms with Crippen LogP contribution in [0.3, 0.4) is 0 Å². The molecule has 0 aromatic heterocycles. The van der Waals surface area contributed by atoms with Gasteiger partial charge in [0.25, 0.3) is 5.91 Å². The van der Waals surface area contributed by atoms with E-state index in [0.717, 1.165) is 5.69 Å². The first-order valence-electron chi connectivity index (χ1n) is 6.63. The minimum Gasteiger partial charge on any atom is -0.383 e. The third-order valence-electron chi connectivity index (χ3n) is 3.11. The maximum Gasteiger partial charge on any atom is 0.255 e. The molecule has 1 rings (SSSR count). The normalized spacial score (nSPS) is 12.3. The number of ether oxygens (including phenoxy) is 1. The van der Waals surface area contributed by atoms with Crippen molar-refractivity contribution >= 4 is 23.2 Å². The van der Waals surface area contributed by atoms with Gasteiger partial charge >= 0.3 is 0 Å². The number of benzene rings is 1. The van der Waals surface area contributed by atoms with E-state index in [-0.39, 0.29) is 11.9 Å². The summed E-state index contributed by atoms with van der Waals surface area (Å²) in [5.41, 5.74) is 1.35. The van der Waals surface area contributed by atoms with Crippen LogP contribution in [0.1, 0.15) is 24.2 Å². The lowest BCUT2D eigenvalue weighted by Gasteiger charge is -2.25. The van der Waals surface area contributed by atoms with Crippen LogP contribution >= 0.6 is 11.6 Å². The Kier molecular flexibility index (Phi) is 6.30. The van der Waals surface area contributed by atoms with Gasteiger partial charge in [0.2, 0.25) is 0 Å². The zero-order valence-corrected chi connectivity index (χ0v) is 13.5. The van der Waals surface area contributed by atoms with Crippen LogP contribution in [0.25, 0.3) is 0 Å². The lowest BCUT2D eigenvalue weighted by atomic mass is 10.0. The van der Waals surface area contributed by atoms with E-state index in [1.807, 2.05) is 0 Å². The second-order valence-corrected chi connectivity index (χ2v) is 5.78. The van der Waals surface area contributed by atoms with Crippen LogP contribution in [0.15, 0.2) is 18.2 Å². The molecule has 1 amide bonds. The van der Waals surface area contributed by atoms with E-state index in [9.17, 15) is 4.79 Å². The number of hydrogen-bond acceptors (Lipinski definition) is 3. The maximum atomic E-state index is 12.2. The summed E-state index contributed by atoms with van der Waals surface area (Å²) in [6.45, 7) is 4.78. The summed E-state index contributed by atoms with van der Waals surface area (Å²) in [6, 6.07) is 5.37. The molecule has 0 saturated carbocycles. The van der Waals surface area contributed by atoms with Crippen molar-refractivity contribution in [2.45, 2.75) is 19.9 Å². The largest absolute Gasteiger partial charge is 0.383 e. The standard InChI is InChI=1S/C15H23ClN2O2/c1-10(2)14(9-20-5)17-13-8-11(16)6-7-12(13)15(19)18(3)4/h6-8,10,14,17H,9H2,1-5H3. The second-order valence-electron chi connectivity index (χ2n) is 5.34. The van der Waals surface area contributed by atoms with Crippen molar-refractivity contribution in [2.24, 2.45) is 5.92 Å². The van der Waals surface area contributed by atoms with Gasteiger partial charge in [-0.25, -0.2) is 0 Å². The number of halogens is 1.